The third-order valence-corrected chi connectivity index (χ3v) is 6.75. The first kappa shape index (κ1) is 21.9. The van der Waals surface area contributed by atoms with Gasteiger partial charge in [-0.25, -0.2) is 9.97 Å². The molecule has 4 aromatic carbocycles. The largest absolute Gasteiger partial charge is 0.288 e. The average molecular weight is 493 g/mol. The molecule has 6 heteroatoms. The van der Waals surface area contributed by atoms with E-state index in [1.54, 1.807) is 30.3 Å². The first-order valence-electron chi connectivity index (χ1n) is 12.3. The van der Waals surface area contributed by atoms with Crippen LogP contribution in [0.4, 0.5) is 23.0 Å². The Bertz CT molecular complexity index is 1690. The molecule has 0 radical (unpaired) electrons. The lowest BCUT2D eigenvalue weighted by Crippen LogP contribution is -2.22. The van der Waals surface area contributed by atoms with Crippen molar-refractivity contribution in [2.24, 2.45) is 0 Å². The lowest BCUT2D eigenvalue weighted by atomic mass is 10.1. The highest BCUT2D eigenvalue weighted by Crippen LogP contribution is 2.48. The molecule has 1 aliphatic carbocycles. The number of benzene rings is 4. The number of aromatic nitrogens is 2. The number of hydrogen-bond donors (Lipinski definition) is 0. The number of Topliss-reactive ketones (excluding diaryl/α,β-unsaturated/α-hetero) is 2. The molecular formula is C32H20N4O2. The third kappa shape index (κ3) is 3.35. The molecule has 6 nitrogen and oxygen atoms in total. The van der Waals surface area contributed by atoms with Gasteiger partial charge in [-0.3, -0.25) is 19.4 Å². The summed E-state index contributed by atoms with van der Waals surface area (Å²) in [4.78, 5) is 40.3. The highest BCUT2D eigenvalue weighted by atomic mass is 16.2. The number of carbonyl (C=O) groups excluding carboxylic acids is 2. The molecule has 0 saturated carbocycles. The van der Waals surface area contributed by atoms with Crippen molar-refractivity contribution in [3.63, 3.8) is 0 Å². The normalized spacial score (nSPS) is 14.2. The second-order valence-corrected chi connectivity index (χ2v) is 9.01. The molecule has 38 heavy (non-hydrogen) atoms. The van der Waals surface area contributed by atoms with Crippen molar-refractivity contribution >= 4 is 45.6 Å². The molecule has 7 rings (SSSR count). The van der Waals surface area contributed by atoms with E-state index in [4.69, 9.17) is 9.97 Å². The van der Waals surface area contributed by atoms with E-state index in [0.29, 0.717) is 28.6 Å². The van der Waals surface area contributed by atoms with Gasteiger partial charge in [0, 0.05) is 22.5 Å². The van der Waals surface area contributed by atoms with Gasteiger partial charge in [0.25, 0.3) is 0 Å². The van der Waals surface area contributed by atoms with E-state index >= 15 is 0 Å². The molecule has 1 aromatic heterocycles. The zero-order chi connectivity index (χ0) is 25.6. The molecule has 2 heterocycles. The van der Waals surface area contributed by atoms with Crippen LogP contribution >= 0.6 is 0 Å². The van der Waals surface area contributed by atoms with Gasteiger partial charge in [-0.05, 0) is 48.6 Å². The Hall–Kier alpha value is -5.36. The van der Waals surface area contributed by atoms with Crippen LogP contribution in [0.2, 0.25) is 0 Å². The van der Waals surface area contributed by atoms with Gasteiger partial charge >= 0.3 is 0 Å². The van der Waals surface area contributed by atoms with Crippen LogP contribution in [0, 0.1) is 0 Å². The van der Waals surface area contributed by atoms with E-state index in [-0.39, 0.29) is 17.1 Å². The van der Waals surface area contributed by atoms with Crippen molar-refractivity contribution < 1.29 is 9.59 Å². The Morgan fingerprint density at radius 3 is 1.39 bits per heavy atom. The third-order valence-electron chi connectivity index (χ3n) is 6.75. The molecule has 0 amide bonds. The number of hydrogen-bond acceptors (Lipinski definition) is 6. The summed E-state index contributed by atoms with van der Waals surface area (Å²) in [5, 5.41) is 0. The minimum Gasteiger partial charge on any atom is -0.288 e. The van der Waals surface area contributed by atoms with E-state index in [0.717, 1.165) is 22.4 Å². The van der Waals surface area contributed by atoms with Crippen molar-refractivity contribution in [1.82, 2.24) is 9.97 Å². The van der Waals surface area contributed by atoms with E-state index < -0.39 is 0 Å². The summed E-state index contributed by atoms with van der Waals surface area (Å²) in [5.41, 5.74) is 4.33. The molecule has 2 aliphatic rings. The van der Waals surface area contributed by atoms with Crippen molar-refractivity contribution in [3.8, 4) is 0 Å². The molecule has 5 aromatic rings. The zero-order valence-corrected chi connectivity index (χ0v) is 20.2. The number of para-hydroxylation sites is 4. The first-order chi connectivity index (χ1) is 18.7. The molecule has 0 fully saturated rings. The van der Waals surface area contributed by atoms with E-state index in [2.05, 4.69) is 0 Å². The second-order valence-electron chi connectivity index (χ2n) is 9.01. The summed E-state index contributed by atoms with van der Waals surface area (Å²) >= 11 is 0. The maximum atomic E-state index is 13.1. The predicted octanol–water partition coefficient (Wildman–Crippen LogP) is 6.77. The number of rotatable bonds is 3. The second kappa shape index (κ2) is 8.64. The number of allylic oxidation sites excluding steroid dienone is 3. The van der Waals surface area contributed by atoms with Gasteiger partial charge < -0.3 is 0 Å². The van der Waals surface area contributed by atoms with Crippen LogP contribution in [0.5, 0.6) is 0 Å². The summed E-state index contributed by atoms with van der Waals surface area (Å²) in [5.74, 6) is 1.50. The van der Waals surface area contributed by atoms with Gasteiger partial charge in [0.1, 0.15) is 5.82 Å². The van der Waals surface area contributed by atoms with E-state index in [1.807, 2.05) is 101 Å². The van der Waals surface area contributed by atoms with Crippen LogP contribution in [-0.4, -0.2) is 21.5 Å². The summed E-state index contributed by atoms with van der Waals surface area (Å²) in [6.45, 7) is 0. The molecule has 0 atom stereocenters. The van der Waals surface area contributed by atoms with E-state index in [1.165, 1.54) is 0 Å². The summed E-state index contributed by atoms with van der Waals surface area (Å²) in [7, 11) is 0. The SMILES string of the molecule is O=C1C(=CC=C2N(c3ccccc3)c3nc4ccccc4nc3N2c2ccccc2)C(=O)c2ccccc21. The zero-order valence-electron chi connectivity index (χ0n) is 20.2. The number of ketones is 2. The van der Waals surface area contributed by atoms with Crippen LogP contribution in [0.3, 0.4) is 0 Å². The van der Waals surface area contributed by atoms with Crippen LogP contribution in [-0.2, 0) is 0 Å². The Morgan fingerprint density at radius 1 is 0.500 bits per heavy atom. The lowest BCUT2D eigenvalue weighted by Gasteiger charge is -2.24. The Morgan fingerprint density at radius 2 is 0.921 bits per heavy atom. The van der Waals surface area contributed by atoms with Gasteiger partial charge in [0.2, 0.25) is 0 Å². The molecule has 180 valence electrons. The Balaban J connectivity index is 1.47. The maximum absolute atomic E-state index is 13.1. The van der Waals surface area contributed by atoms with Gasteiger partial charge in [-0.1, -0.05) is 72.8 Å². The minimum atomic E-state index is -0.266. The smallest absolute Gasteiger partial charge is 0.197 e. The standard InChI is InChI=1S/C32H20N4O2/c37-29-23-15-7-8-16-24(23)30(38)25(29)19-20-28-35(21-11-3-1-4-12-21)31-32(36(28)22-13-5-2-6-14-22)34-27-18-10-9-17-26(27)33-31/h1-20H. The number of carbonyl (C=O) groups is 2. The average Bonchev–Trinajstić information content (AvgIpc) is 3.41. The van der Waals surface area contributed by atoms with Crippen LogP contribution < -0.4 is 9.80 Å². The van der Waals surface area contributed by atoms with Crippen molar-refractivity contribution in [2.45, 2.75) is 0 Å². The Kier molecular flexibility index (Phi) is 4.97. The van der Waals surface area contributed by atoms with Crippen LogP contribution in [0.1, 0.15) is 20.7 Å². The fourth-order valence-corrected chi connectivity index (χ4v) is 4.99. The minimum absolute atomic E-state index is 0.141. The predicted molar refractivity (Wildman–Crippen MR) is 148 cm³/mol. The molecule has 0 saturated heterocycles. The van der Waals surface area contributed by atoms with Crippen LogP contribution in [0.15, 0.2) is 133 Å². The van der Waals surface area contributed by atoms with Crippen LogP contribution in [0.25, 0.3) is 11.0 Å². The highest BCUT2D eigenvalue weighted by Gasteiger charge is 2.37. The fourth-order valence-electron chi connectivity index (χ4n) is 4.99. The van der Waals surface area contributed by atoms with Gasteiger partial charge in [-0.15, -0.1) is 0 Å². The highest BCUT2D eigenvalue weighted by molar-refractivity contribution is 6.39. The Labute approximate surface area is 218 Å². The van der Waals surface area contributed by atoms with Gasteiger partial charge in [0.15, 0.2) is 23.2 Å². The first-order valence-corrected chi connectivity index (χ1v) is 12.3. The van der Waals surface area contributed by atoms with Crippen molar-refractivity contribution in [3.05, 3.63) is 144 Å². The molecule has 0 spiro atoms. The van der Waals surface area contributed by atoms with Gasteiger partial charge in [0.05, 0.1) is 16.6 Å². The molecular weight excluding hydrogens is 472 g/mol. The monoisotopic (exact) mass is 492 g/mol. The summed E-state index contributed by atoms with van der Waals surface area (Å²) < 4.78 is 0. The maximum Gasteiger partial charge on any atom is 0.197 e. The van der Waals surface area contributed by atoms with Crippen molar-refractivity contribution in [1.29, 1.82) is 0 Å². The number of fused-ring (bicyclic) bond motifs is 3. The summed E-state index contributed by atoms with van der Waals surface area (Å²) in [6.07, 6.45) is 3.43. The topological polar surface area (TPSA) is 66.4 Å². The molecule has 0 N–H and O–H groups in total. The molecule has 0 unspecified atom stereocenters. The summed E-state index contributed by atoms with van der Waals surface area (Å²) in [6, 6.07) is 34.5. The molecule has 1 aliphatic heterocycles. The fraction of sp³-hybridized carbons (Fsp3) is 0. The quantitative estimate of drug-likeness (QED) is 0.205. The van der Waals surface area contributed by atoms with Crippen molar-refractivity contribution in [2.75, 3.05) is 9.80 Å². The molecule has 0 bridgehead atoms. The number of nitrogens with zero attached hydrogens (tertiary/aromatic N) is 4. The lowest BCUT2D eigenvalue weighted by molar-refractivity contribution is 0.0989. The number of anilines is 4. The van der Waals surface area contributed by atoms with Gasteiger partial charge in [-0.2, -0.15) is 0 Å². The van der Waals surface area contributed by atoms with E-state index in [9.17, 15) is 9.59 Å².